The minimum atomic E-state index is 0.717. The summed E-state index contributed by atoms with van der Waals surface area (Å²) in [5.74, 6) is 1.15. The molecule has 0 amide bonds. The zero-order chi connectivity index (χ0) is 9.10. The average molecular weight is 179 g/mol. The molecule has 0 N–H and O–H groups in total. The highest BCUT2D eigenvalue weighted by Crippen LogP contribution is 2.74. The average Bonchev–Trinajstić information content (AvgIpc) is 1.89. The molecule has 3 saturated carbocycles. The van der Waals surface area contributed by atoms with Crippen LogP contribution in [0.1, 0.15) is 39.0 Å². The van der Waals surface area contributed by atoms with Gasteiger partial charge in [-0.05, 0) is 69.0 Å². The molecule has 1 aliphatic heterocycles. The van der Waals surface area contributed by atoms with E-state index in [4.69, 9.17) is 0 Å². The van der Waals surface area contributed by atoms with Gasteiger partial charge in [0.1, 0.15) is 0 Å². The van der Waals surface area contributed by atoms with Crippen LogP contribution in [0.3, 0.4) is 0 Å². The van der Waals surface area contributed by atoms with Crippen molar-refractivity contribution < 1.29 is 0 Å². The second-order valence-electron chi connectivity index (χ2n) is 6.12. The van der Waals surface area contributed by atoms with Crippen LogP contribution >= 0.6 is 0 Å². The molecule has 0 aromatic rings. The molecular formula is C12H21N. The van der Waals surface area contributed by atoms with Gasteiger partial charge in [0.15, 0.2) is 0 Å². The molecule has 0 aromatic carbocycles. The van der Waals surface area contributed by atoms with E-state index in [2.05, 4.69) is 18.9 Å². The Morgan fingerprint density at radius 2 is 1.62 bits per heavy atom. The van der Waals surface area contributed by atoms with Crippen LogP contribution in [0, 0.1) is 16.7 Å². The van der Waals surface area contributed by atoms with Crippen LogP contribution in [0.4, 0.5) is 0 Å². The van der Waals surface area contributed by atoms with Crippen molar-refractivity contribution in [3.8, 4) is 0 Å². The summed E-state index contributed by atoms with van der Waals surface area (Å²) in [5.41, 5.74) is 1.55. The van der Waals surface area contributed by atoms with Crippen molar-refractivity contribution in [1.29, 1.82) is 0 Å². The smallest absolute Gasteiger partial charge is 0.00164 e. The van der Waals surface area contributed by atoms with E-state index in [-0.39, 0.29) is 0 Å². The topological polar surface area (TPSA) is 3.24 Å². The van der Waals surface area contributed by atoms with E-state index in [1.165, 1.54) is 25.9 Å². The quantitative estimate of drug-likeness (QED) is 0.598. The van der Waals surface area contributed by atoms with Gasteiger partial charge in [0.25, 0.3) is 0 Å². The molecular weight excluding hydrogens is 158 g/mol. The van der Waals surface area contributed by atoms with Crippen LogP contribution in [0.15, 0.2) is 0 Å². The molecule has 4 aliphatic rings. The fraction of sp³-hybridized carbons (Fsp3) is 1.00. The van der Waals surface area contributed by atoms with E-state index in [1.807, 2.05) is 0 Å². The number of likely N-dealkylation sites (tertiary alicyclic amines) is 1. The lowest BCUT2D eigenvalue weighted by Crippen LogP contribution is -2.62. The Labute approximate surface area is 81.5 Å². The summed E-state index contributed by atoms with van der Waals surface area (Å²) in [6.07, 6.45) is 7.64. The maximum atomic E-state index is 2.56. The van der Waals surface area contributed by atoms with Gasteiger partial charge >= 0.3 is 0 Å². The number of rotatable bonds is 1. The summed E-state index contributed by atoms with van der Waals surface area (Å²) in [4.78, 5) is 2.49. The Bertz CT molecular complexity index is 208. The van der Waals surface area contributed by atoms with Crippen LogP contribution in [-0.4, -0.2) is 25.0 Å². The number of piperidine rings is 1. The minimum absolute atomic E-state index is 0.717. The molecule has 13 heavy (non-hydrogen) atoms. The van der Waals surface area contributed by atoms with Gasteiger partial charge in [-0.25, -0.2) is 0 Å². The molecule has 0 unspecified atom stereocenters. The van der Waals surface area contributed by atoms with E-state index in [9.17, 15) is 0 Å². The maximum absolute atomic E-state index is 2.56. The molecule has 4 rings (SSSR count). The van der Waals surface area contributed by atoms with Gasteiger partial charge in [-0.3, -0.25) is 0 Å². The van der Waals surface area contributed by atoms with Gasteiger partial charge in [-0.15, -0.1) is 0 Å². The Morgan fingerprint density at radius 1 is 1.08 bits per heavy atom. The van der Waals surface area contributed by atoms with E-state index in [0.29, 0.717) is 5.41 Å². The Kier molecular flexibility index (Phi) is 1.47. The van der Waals surface area contributed by atoms with Crippen LogP contribution in [0.25, 0.3) is 0 Å². The lowest BCUT2D eigenvalue weighted by Gasteiger charge is -2.71. The molecule has 0 aromatic heterocycles. The lowest BCUT2D eigenvalue weighted by atomic mass is 9.35. The van der Waals surface area contributed by atoms with Crippen LogP contribution in [-0.2, 0) is 0 Å². The van der Waals surface area contributed by atoms with Crippen LogP contribution < -0.4 is 0 Å². The highest BCUT2D eigenvalue weighted by atomic mass is 15.1. The minimum Gasteiger partial charge on any atom is -0.306 e. The second kappa shape index (κ2) is 2.31. The monoisotopic (exact) mass is 179 g/mol. The van der Waals surface area contributed by atoms with Gasteiger partial charge in [0, 0.05) is 0 Å². The summed E-state index contributed by atoms with van der Waals surface area (Å²) >= 11 is 0. The van der Waals surface area contributed by atoms with E-state index < -0.39 is 0 Å². The molecule has 0 spiro atoms. The molecule has 1 nitrogen and oxygen atoms in total. The summed E-state index contributed by atoms with van der Waals surface area (Å²) < 4.78 is 0. The third kappa shape index (κ3) is 0.918. The Balaban J connectivity index is 1.74. The standard InChI is InChI=1S/C12H21N/c1-11(3-5-13(2)6-4-11)12-7-10(8-12)9-12/h10H,3-9H2,1-2H3. The van der Waals surface area contributed by atoms with Crippen molar-refractivity contribution in [3.05, 3.63) is 0 Å². The molecule has 1 saturated heterocycles. The molecule has 0 atom stereocenters. The zero-order valence-corrected chi connectivity index (χ0v) is 8.97. The first-order valence-electron chi connectivity index (χ1n) is 5.82. The predicted molar refractivity (Wildman–Crippen MR) is 54.6 cm³/mol. The van der Waals surface area contributed by atoms with Crippen molar-refractivity contribution in [3.63, 3.8) is 0 Å². The zero-order valence-electron chi connectivity index (χ0n) is 8.97. The van der Waals surface area contributed by atoms with Gasteiger partial charge in [-0.1, -0.05) is 6.92 Å². The van der Waals surface area contributed by atoms with Crippen molar-refractivity contribution in [2.24, 2.45) is 16.7 Å². The number of hydrogen-bond acceptors (Lipinski definition) is 1. The Morgan fingerprint density at radius 3 is 2.00 bits per heavy atom. The van der Waals surface area contributed by atoms with Gasteiger partial charge in [0.2, 0.25) is 0 Å². The molecule has 74 valence electrons. The first-order chi connectivity index (χ1) is 6.14. The number of hydrogen-bond donors (Lipinski definition) is 0. The van der Waals surface area contributed by atoms with E-state index in [0.717, 1.165) is 11.3 Å². The maximum Gasteiger partial charge on any atom is -0.00164 e. The third-order valence-corrected chi connectivity index (χ3v) is 5.41. The van der Waals surface area contributed by atoms with Gasteiger partial charge in [0.05, 0.1) is 0 Å². The van der Waals surface area contributed by atoms with E-state index in [1.54, 1.807) is 19.3 Å². The normalized spacial score (nSPS) is 48.0. The van der Waals surface area contributed by atoms with Crippen LogP contribution in [0.5, 0.6) is 0 Å². The molecule has 1 heterocycles. The highest BCUT2D eigenvalue weighted by Gasteiger charge is 2.64. The van der Waals surface area contributed by atoms with Crippen molar-refractivity contribution >= 4 is 0 Å². The molecule has 2 bridgehead atoms. The highest BCUT2D eigenvalue weighted by molar-refractivity contribution is 5.14. The summed E-state index contributed by atoms with van der Waals surface area (Å²) in [6.45, 7) is 5.24. The van der Waals surface area contributed by atoms with Gasteiger partial charge in [-0.2, -0.15) is 0 Å². The van der Waals surface area contributed by atoms with Crippen molar-refractivity contribution in [2.75, 3.05) is 20.1 Å². The lowest BCUT2D eigenvalue weighted by molar-refractivity contribution is -0.209. The number of nitrogens with zero attached hydrogens (tertiary/aromatic N) is 1. The predicted octanol–water partition coefficient (Wildman–Crippen LogP) is 2.52. The third-order valence-electron chi connectivity index (χ3n) is 5.41. The Hall–Kier alpha value is -0.0400. The summed E-state index contributed by atoms with van der Waals surface area (Å²) in [6, 6.07) is 0. The summed E-state index contributed by atoms with van der Waals surface area (Å²) in [7, 11) is 2.27. The molecule has 1 heteroatoms. The fourth-order valence-corrected chi connectivity index (χ4v) is 3.86. The van der Waals surface area contributed by atoms with Crippen molar-refractivity contribution in [1.82, 2.24) is 4.90 Å². The van der Waals surface area contributed by atoms with Crippen molar-refractivity contribution in [2.45, 2.75) is 39.0 Å². The fourth-order valence-electron chi connectivity index (χ4n) is 3.86. The van der Waals surface area contributed by atoms with Gasteiger partial charge < -0.3 is 4.90 Å². The SMILES string of the molecule is CN1CCC(C)(C23CC(C2)C3)CC1. The largest absolute Gasteiger partial charge is 0.306 e. The molecule has 4 fully saturated rings. The van der Waals surface area contributed by atoms with E-state index >= 15 is 0 Å². The summed E-state index contributed by atoms with van der Waals surface area (Å²) in [5, 5.41) is 0. The first kappa shape index (κ1) is 8.28. The second-order valence-corrected chi connectivity index (χ2v) is 6.12. The molecule has 0 radical (unpaired) electrons. The molecule has 3 aliphatic carbocycles. The first-order valence-corrected chi connectivity index (χ1v) is 5.82. The van der Waals surface area contributed by atoms with Crippen LogP contribution in [0.2, 0.25) is 0 Å².